The molecule has 5 nitrogen and oxygen atoms in total. The monoisotopic (exact) mass is 311 g/mol. The van der Waals surface area contributed by atoms with Crippen LogP contribution in [0.4, 0.5) is 0 Å². The van der Waals surface area contributed by atoms with Gasteiger partial charge in [-0.3, -0.25) is 4.79 Å². The van der Waals surface area contributed by atoms with Gasteiger partial charge in [0.2, 0.25) is 0 Å². The van der Waals surface area contributed by atoms with E-state index in [0.717, 1.165) is 15.2 Å². The average Bonchev–Trinajstić information content (AvgIpc) is 2.96. The van der Waals surface area contributed by atoms with Gasteiger partial charge in [0, 0.05) is 5.56 Å². The molecule has 0 spiro atoms. The van der Waals surface area contributed by atoms with Crippen LogP contribution in [0.5, 0.6) is 5.75 Å². The molecule has 0 saturated carbocycles. The smallest absolute Gasteiger partial charge is 0.271 e. The lowest BCUT2D eigenvalue weighted by Crippen LogP contribution is -2.19. The number of hydrazone groups is 1. The average molecular weight is 311 g/mol. The fourth-order valence-corrected chi connectivity index (χ4v) is 2.83. The Balaban J connectivity index is 1.78. The van der Waals surface area contributed by atoms with Crippen molar-refractivity contribution in [1.82, 2.24) is 10.4 Å². The number of aromatic hydroxyl groups is 1. The van der Waals surface area contributed by atoms with Crippen LogP contribution in [-0.4, -0.2) is 21.7 Å². The number of aromatic nitrogens is 1. The quantitative estimate of drug-likeness (QED) is 0.576. The molecule has 0 atom stereocenters. The SMILES string of the molecule is C/C(=N/NC(=O)c1cccc(O)c1)c1nc2ccccc2s1. The van der Waals surface area contributed by atoms with Crippen molar-refractivity contribution >= 4 is 33.2 Å². The fourth-order valence-electron chi connectivity index (χ4n) is 1.92. The van der Waals surface area contributed by atoms with E-state index in [4.69, 9.17) is 0 Å². The van der Waals surface area contributed by atoms with Gasteiger partial charge in [-0.25, -0.2) is 10.4 Å². The van der Waals surface area contributed by atoms with Crippen LogP contribution in [0.25, 0.3) is 10.2 Å². The number of nitrogens with zero attached hydrogens (tertiary/aromatic N) is 2. The maximum Gasteiger partial charge on any atom is 0.271 e. The molecule has 2 aromatic carbocycles. The molecule has 1 heterocycles. The summed E-state index contributed by atoms with van der Waals surface area (Å²) < 4.78 is 1.08. The molecule has 1 aromatic heterocycles. The Bertz CT molecular complexity index is 837. The molecule has 0 fully saturated rings. The van der Waals surface area contributed by atoms with Crippen molar-refractivity contribution in [1.29, 1.82) is 0 Å². The number of thiazole rings is 1. The minimum Gasteiger partial charge on any atom is -0.508 e. The lowest BCUT2D eigenvalue weighted by molar-refractivity contribution is 0.0954. The first kappa shape index (κ1) is 14.2. The highest BCUT2D eigenvalue weighted by Crippen LogP contribution is 2.21. The molecule has 6 heteroatoms. The molecule has 0 aliphatic rings. The molecular formula is C16H13N3O2S. The summed E-state index contributed by atoms with van der Waals surface area (Å²) in [6, 6.07) is 13.9. The largest absolute Gasteiger partial charge is 0.508 e. The van der Waals surface area contributed by atoms with Crippen LogP contribution in [0.3, 0.4) is 0 Å². The molecule has 0 unspecified atom stereocenters. The number of carbonyl (C=O) groups is 1. The number of phenols is 1. The van der Waals surface area contributed by atoms with Gasteiger partial charge >= 0.3 is 0 Å². The predicted octanol–water partition coefficient (Wildman–Crippen LogP) is 3.16. The number of fused-ring (bicyclic) bond motifs is 1. The summed E-state index contributed by atoms with van der Waals surface area (Å²) in [5.74, 6) is -0.337. The summed E-state index contributed by atoms with van der Waals surface area (Å²) in [6.07, 6.45) is 0. The summed E-state index contributed by atoms with van der Waals surface area (Å²) in [5.41, 5.74) is 4.37. The summed E-state index contributed by atoms with van der Waals surface area (Å²) >= 11 is 1.52. The Morgan fingerprint density at radius 3 is 2.82 bits per heavy atom. The first-order valence-electron chi connectivity index (χ1n) is 6.63. The number of rotatable bonds is 3. The molecule has 0 radical (unpaired) electrons. The molecule has 3 aromatic rings. The first-order chi connectivity index (χ1) is 10.6. The Hall–Kier alpha value is -2.73. The van der Waals surface area contributed by atoms with Gasteiger partial charge in [0.05, 0.1) is 15.9 Å². The molecule has 0 aliphatic heterocycles. The number of amides is 1. The van der Waals surface area contributed by atoms with E-state index in [9.17, 15) is 9.90 Å². The zero-order valence-electron chi connectivity index (χ0n) is 11.8. The van der Waals surface area contributed by atoms with Crippen molar-refractivity contribution < 1.29 is 9.90 Å². The molecule has 110 valence electrons. The number of hydrogen-bond donors (Lipinski definition) is 2. The Morgan fingerprint density at radius 2 is 2.05 bits per heavy atom. The molecular weight excluding hydrogens is 298 g/mol. The number of para-hydroxylation sites is 1. The van der Waals surface area contributed by atoms with Crippen molar-refractivity contribution in [2.45, 2.75) is 6.92 Å². The summed E-state index contributed by atoms with van der Waals surface area (Å²) in [7, 11) is 0. The van der Waals surface area contributed by atoms with E-state index in [1.165, 1.54) is 23.5 Å². The van der Waals surface area contributed by atoms with Gasteiger partial charge < -0.3 is 5.11 Å². The molecule has 3 rings (SSSR count). The van der Waals surface area contributed by atoms with Gasteiger partial charge in [-0.05, 0) is 37.3 Å². The Kier molecular flexibility index (Phi) is 3.84. The van der Waals surface area contributed by atoms with E-state index in [1.54, 1.807) is 19.1 Å². The van der Waals surface area contributed by atoms with E-state index in [-0.39, 0.29) is 11.7 Å². The topological polar surface area (TPSA) is 74.6 Å². The molecule has 1 amide bonds. The molecule has 22 heavy (non-hydrogen) atoms. The zero-order chi connectivity index (χ0) is 15.5. The summed E-state index contributed by atoms with van der Waals surface area (Å²) in [4.78, 5) is 16.4. The van der Waals surface area contributed by atoms with Crippen molar-refractivity contribution in [3.8, 4) is 5.75 Å². The predicted molar refractivity (Wildman–Crippen MR) is 87.4 cm³/mol. The van der Waals surface area contributed by atoms with E-state index in [2.05, 4.69) is 15.5 Å². The highest BCUT2D eigenvalue weighted by molar-refractivity contribution is 7.20. The highest BCUT2D eigenvalue weighted by Gasteiger charge is 2.08. The summed E-state index contributed by atoms with van der Waals surface area (Å²) in [5, 5.41) is 14.2. The minimum atomic E-state index is -0.378. The van der Waals surface area contributed by atoms with E-state index in [1.807, 2.05) is 24.3 Å². The van der Waals surface area contributed by atoms with E-state index in [0.29, 0.717) is 11.3 Å². The number of carbonyl (C=O) groups excluding carboxylic acids is 1. The van der Waals surface area contributed by atoms with Crippen LogP contribution >= 0.6 is 11.3 Å². The van der Waals surface area contributed by atoms with Crippen molar-refractivity contribution in [3.05, 3.63) is 59.1 Å². The standard InChI is InChI=1S/C16H13N3O2S/c1-10(16-17-13-7-2-3-8-14(13)22-16)18-19-15(21)11-5-4-6-12(20)9-11/h2-9,20H,1H3,(H,19,21)/b18-10-. The summed E-state index contributed by atoms with van der Waals surface area (Å²) in [6.45, 7) is 1.79. The second-order valence-electron chi connectivity index (χ2n) is 4.68. The van der Waals surface area contributed by atoms with Gasteiger partial charge in [-0.1, -0.05) is 18.2 Å². The number of phenolic OH excluding ortho intramolecular Hbond substituents is 1. The minimum absolute atomic E-state index is 0.0412. The molecule has 0 bridgehead atoms. The highest BCUT2D eigenvalue weighted by atomic mass is 32.1. The number of hydrogen-bond acceptors (Lipinski definition) is 5. The lowest BCUT2D eigenvalue weighted by Gasteiger charge is -2.01. The Morgan fingerprint density at radius 1 is 1.23 bits per heavy atom. The third kappa shape index (κ3) is 2.96. The maximum absolute atomic E-state index is 12.0. The molecule has 0 aliphatic carbocycles. The molecule has 0 saturated heterocycles. The van der Waals surface area contributed by atoms with Crippen LogP contribution in [0.1, 0.15) is 22.3 Å². The van der Waals surface area contributed by atoms with Gasteiger partial charge in [-0.2, -0.15) is 5.10 Å². The van der Waals surface area contributed by atoms with Gasteiger partial charge in [0.15, 0.2) is 0 Å². The second kappa shape index (κ2) is 5.95. The van der Waals surface area contributed by atoms with E-state index >= 15 is 0 Å². The maximum atomic E-state index is 12.0. The van der Waals surface area contributed by atoms with Crippen LogP contribution in [0.15, 0.2) is 53.6 Å². The van der Waals surface area contributed by atoms with Gasteiger partial charge in [0.1, 0.15) is 10.8 Å². The first-order valence-corrected chi connectivity index (χ1v) is 7.45. The van der Waals surface area contributed by atoms with E-state index < -0.39 is 0 Å². The van der Waals surface area contributed by atoms with Crippen molar-refractivity contribution in [2.75, 3.05) is 0 Å². The third-order valence-corrected chi connectivity index (χ3v) is 4.18. The van der Waals surface area contributed by atoms with Crippen LogP contribution in [0.2, 0.25) is 0 Å². The normalized spacial score (nSPS) is 11.6. The van der Waals surface area contributed by atoms with Crippen LogP contribution in [0, 0.1) is 0 Å². The Labute approximate surface area is 130 Å². The second-order valence-corrected chi connectivity index (χ2v) is 5.71. The van der Waals surface area contributed by atoms with Gasteiger partial charge in [-0.15, -0.1) is 11.3 Å². The van der Waals surface area contributed by atoms with Crippen molar-refractivity contribution in [2.24, 2.45) is 5.10 Å². The van der Waals surface area contributed by atoms with Crippen molar-refractivity contribution in [3.63, 3.8) is 0 Å². The van der Waals surface area contributed by atoms with Gasteiger partial charge in [0.25, 0.3) is 5.91 Å². The fraction of sp³-hybridized carbons (Fsp3) is 0.0625. The zero-order valence-corrected chi connectivity index (χ0v) is 12.6. The number of benzene rings is 2. The number of nitrogens with one attached hydrogen (secondary N) is 1. The lowest BCUT2D eigenvalue weighted by atomic mass is 10.2. The molecule has 2 N–H and O–H groups in total. The third-order valence-electron chi connectivity index (χ3n) is 3.04. The van der Waals surface area contributed by atoms with Crippen LogP contribution in [-0.2, 0) is 0 Å². The van der Waals surface area contributed by atoms with Crippen LogP contribution < -0.4 is 5.43 Å².